The minimum absolute atomic E-state index is 0.115. The molecule has 1 aromatic rings. The van der Waals surface area contributed by atoms with Gasteiger partial charge in [0, 0.05) is 5.02 Å². The summed E-state index contributed by atoms with van der Waals surface area (Å²) in [6.07, 6.45) is 0. The zero-order valence-corrected chi connectivity index (χ0v) is 7.72. The van der Waals surface area contributed by atoms with E-state index in [0.29, 0.717) is 10.6 Å². The summed E-state index contributed by atoms with van der Waals surface area (Å²) in [6, 6.07) is 2.78. The van der Waals surface area contributed by atoms with E-state index in [2.05, 4.69) is 0 Å². The van der Waals surface area contributed by atoms with E-state index in [-0.39, 0.29) is 11.3 Å². The van der Waals surface area contributed by atoms with Crippen LogP contribution < -0.4 is 11.3 Å². The van der Waals surface area contributed by atoms with Crippen molar-refractivity contribution in [1.29, 1.82) is 0 Å². The number of halogens is 1. The second-order valence-electron chi connectivity index (χ2n) is 2.59. The zero-order chi connectivity index (χ0) is 10.0. The highest BCUT2D eigenvalue weighted by Gasteiger charge is 2.11. The molecule has 5 heteroatoms. The minimum atomic E-state index is -0.544. The van der Waals surface area contributed by atoms with Crippen molar-refractivity contribution >= 4 is 17.5 Å². The fourth-order valence-electron chi connectivity index (χ4n) is 0.931. The van der Waals surface area contributed by atoms with Crippen molar-refractivity contribution in [2.24, 2.45) is 5.84 Å². The lowest BCUT2D eigenvalue weighted by molar-refractivity contribution is 0.0951. The molecule has 1 rings (SSSR count). The molecule has 0 aliphatic carbocycles. The summed E-state index contributed by atoms with van der Waals surface area (Å²) in [7, 11) is 0. The van der Waals surface area contributed by atoms with Crippen molar-refractivity contribution in [3.8, 4) is 5.75 Å². The highest BCUT2D eigenvalue weighted by atomic mass is 35.5. The van der Waals surface area contributed by atoms with Crippen molar-refractivity contribution in [2.45, 2.75) is 6.92 Å². The van der Waals surface area contributed by atoms with E-state index in [1.807, 2.05) is 5.43 Å². The number of rotatable bonds is 1. The third-order valence-electron chi connectivity index (χ3n) is 1.65. The van der Waals surface area contributed by atoms with E-state index in [0.717, 1.165) is 0 Å². The summed E-state index contributed by atoms with van der Waals surface area (Å²) in [5, 5.41) is 9.72. The van der Waals surface area contributed by atoms with Crippen molar-refractivity contribution in [3.05, 3.63) is 28.3 Å². The van der Waals surface area contributed by atoms with E-state index in [4.69, 9.17) is 17.4 Å². The van der Waals surface area contributed by atoms with Crippen molar-refractivity contribution in [2.75, 3.05) is 0 Å². The molecular weight excluding hydrogens is 192 g/mol. The lowest BCUT2D eigenvalue weighted by Crippen LogP contribution is -2.30. The van der Waals surface area contributed by atoms with Gasteiger partial charge in [-0.25, -0.2) is 5.84 Å². The standard InChI is InChI=1S/C8H9ClN2O2/c1-4-2-5(8(13)11-10)7(12)3-6(4)9/h2-3,12H,10H2,1H3,(H,11,13). The number of benzene rings is 1. The van der Waals surface area contributed by atoms with Crippen LogP contribution in [0.3, 0.4) is 0 Å². The topological polar surface area (TPSA) is 75.4 Å². The van der Waals surface area contributed by atoms with E-state index in [1.54, 1.807) is 6.92 Å². The van der Waals surface area contributed by atoms with Gasteiger partial charge < -0.3 is 5.11 Å². The van der Waals surface area contributed by atoms with Crippen LogP contribution in [0.4, 0.5) is 0 Å². The summed E-state index contributed by atoms with van der Waals surface area (Å²) >= 11 is 5.71. The predicted molar refractivity (Wildman–Crippen MR) is 49.5 cm³/mol. The maximum absolute atomic E-state index is 11.1. The number of aromatic hydroxyl groups is 1. The Balaban J connectivity index is 3.23. The first-order valence-corrected chi connectivity index (χ1v) is 3.94. The number of nitrogen functional groups attached to an aromatic ring is 1. The van der Waals surface area contributed by atoms with E-state index >= 15 is 0 Å². The van der Waals surface area contributed by atoms with Crippen molar-refractivity contribution < 1.29 is 9.90 Å². The molecule has 0 fully saturated rings. The first-order valence-electron chi connectivity index (χ1n) is 3.56. The maximum Gasteiger partial charge on any atom is 0.268 e. The minimum Gasteiger partial charge on any atom is -0.507 e. The monoisotopic (exact) mass is 200 g/mol. The summed E-state index contributed by atoms with van der Waals surface area (Å²) in [5.74, 6) is 4.19. The number of carbonyl (C=O) groups excluding carboxylic acids is 1. The van der Waals surface area contributed by atoms with Gasteiger partial charge in [-0.15, -0.1) is 0 Å². The molecule has 0 radical (unpaired) electrons. The third-order valence-corrected chi connectivity index (χ3v) is 2.06. The van der Waals surface area contributed by atoms with E-state index in [9.17, 15) is 9.90 Å². The Morgan fingerprint density at radius 1 is 1.62 bits per heavy atom. The van der Waals surface area contributed by atoms with Crippen LogP contribution in [0, 0.1) is 6.92 Å². The molecule has 0 aromatic heterocycles. The van der Waals surface area contributed by atoms with Gasteiger partial charge in [-0.3, -0.25) is 10.2 Å². The molecule has 1 aromatic carbocycles. The fraction of sp³-hybridized carbons (Fsp3) is 0.125. The second-order valence-corrected chi connectivity index (χ2v) is 3.00. The van der Waals surface area contributed by atoms with Crippen LogP contribution in [0.25, 0.3) is 0 Å². The molecule has 0 bridgehead atoms. The maximum atomic E-state index is 11.1. The van der Waals surface area contributed by atoms with Crippen LogP contribution in [0.5, 0.6) is 5.75 Å². The number of amides is 1. The molecule has 0 heterocycles. The molecular formula is C8H9ClN2O2. The third kappa shape index (κ3) is 1.91. The molecule has 70 valence electrons. The molecule has 13 heavy (non-hydrogen) atoms. The average Bonchev–Trinajstić information content (AvgIpc) is 2.10. The number of hydrogen-bond donors (Lipinski definition) is 3. The number of phenolic OH excluding ortho intramolecular Hbond substituents is 1. The van der Waals surface area contributed by atoms with Crippen LogP contribution in [-0.4, -0.2) is 11.0 Å². The zero-order valence-electron chi connectivity index (χ0n) is 6.97. The molecule has 0 atom stereocenters. The SMILES string of the molecule is Cc1cc(C(=O)NN)c(O)cc1Cl. The molecule has 0 saturated carbocycles. The Kier molecular flexibility index (Phi) is 2.75. The summed E-state index contributed by atoms with van der Waals surface area (Å²) in [6.45, 7) is 1.73. The number of hydrazine groups is 1. The van der Waals surface area contributed by atoms with Crippen molar-refractivity contribution in [3.63, 3.8) is 0 Å². The molecule has 1 amide bonds. The van der Waals surface area contributed by atoms with Gasteiger partial charge in [-0.1, -0.05) is 11.6 Å². The fourth-order valence-corrected chi connectivity index (χ4v) is 1.09. The van der Waals surface area contributed by atoms with Gasteiger partial charge in [-0.05, 0) is 24.6 Å². The number of aryl methyl sites for hydroxylation is 1. The molecule has 0 unspecified atom stereocenters. The van der Waals surface area contributed by atoms with Gasteiger partial charge in [0.2, 0.25) is 0 Å². The van der Waals surface area contributed by atoms with Gasteiger partial charge in [0.25, 0.3) is 5.91 Å². The Morgan fingerprint density at radius 2 is 2.23 bits per heavy atom. The highest BCUT2D eigenvalue weighted by Crippen LogP contribution is 2.25. The molecule has 0 aliphatic heterocycles. The smallest absolute Gasteiger partial charge is 0.268 e. The van der Waals surface area contributed by atoms with E-state index < -0.39 is 5.91 Å². The second kappa shape index (κ2) is 3.64. The number of carbonyl (C=O) groups is 1. The Bertz CT molecular complexity index is 352. The van der Waals surface area contributed by atoms with Gasteiger partial charge in [-0.2, -0.15) is 0 Å². The Morgan fingerprint density at radius 3 is 2.77 bits per heavy atom. The molecule has 4 N–H and O–H groups in total. The van der Waals surface area contributed by atoms with Crippen LogP contribution in [0.2, 0.25) is 5.02 Å². The molecule has 0 spiro atoms. The quantitative estimate of drug-likeness (QED) is 0.359. The predicted octanol–water partition coefficient (Wildman–Crippen LogP) is 0.958. The number of nitrogens with one attached hydrogen (secondary N) is 1. The van der Waals surface area contributed by atoms with Gasteiger partial charge >= 0.3 is 0 Å². The first kappa shape index (κ1) is 9.83. The van der Waals surface area contributed by atoms with Gasteiger partial charge in [0.15, 0.2) is 0 Å². The number of nitrogens with two attached hydrogens (primary N) is 1. The summed E-state index contributed by atoms with van der Waals surface area (Å²) in [4.78, 5) is 11.1. The molecule has 4 nitrogen and oxygen atoms in total. The van der Waals surface area contributed by atoms with Crippen LogP contribution in [0.1, 0.15) is 15.9 Å². The van der Waals surface area contributed by atoms with E-state index in [1.165, 1.54) is 12.1 Å². The van der Waals surface area contributed by atoms with Crippen LogP contribution >= 0.6 is 11.6 Å². The molecule has 0 aliphatic rings. The highest BCUT2D eigenvalue weighted by molar-refractivity contribution is 6.31. The molecule has 0 saturated heterocycles. The lowest BCUT2D eigenvalue weighted by atomic mass is 10.1. The average molecular weight is 201 g/mol. The summed E-state index contributed by atoms with van der Waals surface area (Å²) in [5.41, 5.74) is 2.75. The first-order chi connectivity index (χ1) is 6.06. The Labute approximate surface area is 80.3 Å². The Hall–Kier alpha value is -1.26. The van der Waals surface area contributed by atoms with Crippen LogP contribution in [0.15, 0.2) is 12.1 Å². The summed E-state index contributed by atoms with van der Waals surface area (Å²) < 4.78 is 0. The van der Waals surface area contributed by atoms with Crippen molar-refractivity contribution in [1.82, 2.24) is 5.43 Å². The normalized spacial score (nSPS) is 9.77. The number of hydrogen-bond acceptors (Lipinski definition) is 3. The van der Waals surface area contributed by atoms with Crippen LogP contribution in [-0.2, 0) is 0 Å². The largest absolute Gasteiger partial charge is 0.507 e. The number of phenols is 1. The lowest BCUT2D eigenvalue weighted by Gasteiger charge is -2.05. The van der Waals surface area contributed by atoms with Gasteiger partial charge in [0.05, 0.1) is 5.56 Å². The van der Waals surface area contributed by atoms with Gasteiger partial charge in [0.1, 0.15) is 5.75 Å².